The number of halogens is 3. The molecule has 0 N–H and O–H groups in total. The highest BCUT2D eigenvalue weighted by Gasteiger charge is 2.14. The zero-order valence-electron chi connectivity index (χ0n) is 8.25. The van der Waals surface area contributed by atoms with Crippen molar-refractivity contribution in [2.45, 2.75) is 0 Å². The molecule has 0 spiro atoms. The van der Waals surface area contributed by atoms with Crippen molar-refractivity contribution >= 4 is 29.6 Å². The Hall–Kier alpha value is -1.19. The quantitative estimate of drug-likeness (QED) is 0.569. The third-order valence-corrected chi connectivity index (χ3v) is 5.19. The van der Waals surface area contributed by atoms with Gasteiger partial charge in [-0.2, -0.15) is 11.1 Å². The van der Waals surface area contributed by atoms with Gasteiger partial charge in [-0.25, -0.2) is 8.78 Å². The lowest BCUT2D eigenvalue weighted by molar-refractivity contribution is 0.628. The van der Waals surface area contributed by atoms with E-state index < -0.39 is 8.11 Å². The first-order valence-corrected chi connectivity index (χ1v) is 7.22. The van der Waals surface area contributed by atoms with Gasteiger partial charge < -0.3 is 0 Å². The van der Waals surface area contributed by atoms with E-state index in [1.165, 1.54) is 24.3 Å². The molecule has 0 unspecified atom stereocenters. The number of hydrogen-bond donors (Lipinski definition) is 0. The van der Waals surface area contributed by atoms with Crippen molar-refractivity contribution < 1.29 is 8.78 Å². The van der Waals surface area contributed by atoms with E-state index >= 15 is 0 Å². The fourth-order valence-electron chi connectivity index (χ4n) is 1.36. The van der Waals surface area contributed by atoms with Crippen molar-refractivity contribution in [1.82, 2.24) is 0 Å². The molecule has 0 aliphatic heterocycles. The zero-order valence-corrected chi connectivity index (χ0v) is 10.0. The lowest BCUT2D eigenvalue weighted by Crippen LogP contribution is -2.36. The largest absolute Gasteiger partial charge is 0.234 e. The standard InChI is InChI=1S/C12H8ClF2Si/c13-16(11-5-1-9(14)2-6-11)12-7-3-10(15)4-8-12/h1-8H. The Labute approximate surface area is 98.8 Å². The van der Waals surface area contributed by atoms with Gasteiger partial charge in [0.25, 0.3) is 0 Å². The summed E-state index contributed by atoms with van der Waals surface area (Å²) in [6.45, 7) is 0. The summed E-state index contributed by atoms with van der Waals surface area (Å²) in [7, 11) is -1.44. The molecule has 1 radical (unpaired) electrons. The van der Waals surface area contributed by atoms with E-state index in [0.29, 0.717) is 0 Å². The van der Waals surface area contributed by atoms with Crippen LogP contribution in [0.3, 0.4) is 0 Å². The molecule has 0 aromatic heterocycles. The monoisotopic (exact) mass is 253 g/mol. The summed E-state index contributed by atoms with van der Waals surface area (Å²) in [5.41, 5.74) is 0. The second-order valence-corrected chi connectivity index (χ2v) is 6.24. The van der Waals surface area contributed by atoms with Crippen LogP contribution in [0.5, 0.6) is 0 Å². The maximum Gasteiger partial charge on any atom is 0.234 e. The molecular formula is C12H8ClF2Si. The molecule has 0 bridgehead atoms. The fourth-order valence-corrected chi connectivity index (χ4v) is 3.37. The molecule has 0 fully saturated rings. The predicted octanol–water partition coefficient (Wildman–Crippen LogP) is 2.31. The first-order valence-electron chi connectivity index (χ1n) is 4.71. The van der Waals surface area contributed by atoms with Gasteiger partial charge in [0.1, 0.15) is 11.6 Å². The first kappa shape index (κ1) is 11.3. The maximum absolute atomic E-state index is 12.7. The van der Waals surface area contributed by atoms with Gasteiger partial charge in [-0.1, -0.05) is 24.3 Å². The van der Waals surface area contributed by atoms with E-state index in [4.69, 9.17) is 11.1 Å². The van der Waals surface area contributed by atoms with Crippen LogP contribution in [0.15, 0.2) is 48.5 Å². The molecule has 16 heavy (non-hydrogen) atoms. The lowest BCUT2D eigenvalue weighted by atomic mass is 10.3. The molecule has 0 saturated carbocycles. The Kier molecular flexibility index (Phi) is 3.36. The normalized spacial score (nSPS) is 10.8. The fraction of sp³-hybridized carbons (Fsp3) is 0. The third kappa shape index (κ3) is 2.48. The summed E-state index contributed by atoms with van der Waals surface area (Å²) in [6, 6.07) is 12.2. The SMILES string of the molecule is Fc1ccc([Si](Cl)c2ccc(F)cc2)cc1. The third-order valence-electron chi connectivity index (χ3n) is 2.20. The van der Waals surface area contributed by atoms with Gasteiger partial charge in [0.05, 0.1) is 0 Å². The summed E-state index contributed by atoms with van der Waals surface area (Å²) >= 11 is 6.29. The Morgan fingerprint density at radius 2 is 1.00 bits per heavy atom. The van der Waals surface area contributed by atoms with Crippen LogP contribution in [0, 0.1) is 11.6 Å². The molecule has 81 valence electrons. The first-order chi connectivity index (χ1) is 7.66. The minimum atomic E-state index is -1.44. The summed E-state index contributed by atoms with van der Waals surface area (Å²) in [5.74, 6) is -0.566. The van der Waals surface area contributed by atoms with Crippen LogP contribution in [-0.2, 0) is 0 Å². The highest BCUT2D eigenvalue weighted by molar-refractivity contribution is 7.21. The highest BCUT2D eigenvalue weighted by Crippen LogP contribution is 2.00. The molecule has 0 heterocycles. The van der Waals surface area contributed by atoms with Crippen molar-refractivity contribution in [2.75, 3.05) is 0 Å². The zero-order chi connectivity index (χ0) is 11.5. The molecular weight excluding hydrogens is 246 g/mol. The number of hydrogen-bond acceptors (Lipinski definition) is 0. The number of rotatable bonds is 2. The Bertz CT molecular complexity index is 422. The van der Waals surface area contributed by atoms with Crippen molar-refractivity contribution in [3.05, 3.63) is 60.2 Å². The number of benzene rings is 2. The van der Waals surface area contributed by atoms with E-state index in [-0.39, 0.29) is 11.6 Å². The molecule has 4 heteroatoms. The Morgan fingerprint density at radius 3 is 1.31 bits per heavy atom. The topological polar surface area (TPSA) is 0 Å². The highest BCUT2D eigenvalue weighted by atomic mass is 35.6. The van der Waals surface area contributed by atoms with Gasteiger partial charge in [0.2, 0.25) is 8.11 Å². The minimum absolute atomic E-state index is 0.283. The van der Waals surface area contributed by atoms with Gasteiger partial charge in [-0.15, -0.1) is 0 Å². The Morgan fingerprint density at radius 1 is 0.688 bits per heavy atom. The van der Waals surface area contributed by atoms with Crippen LogP contribution in [0.2, 0.25) is 0 Å². The maximum atomic E-state index is 12.7. The van der Waals surface area contributed by atoms with Gasteiger partial charge >= 0.3 is 0 Å². The average Bonchev–Trinajstić information content (AvgIpc) is 2.30. The van der Waals surface area contributed by atoms with E-state index in [2.05, 4.69) is 0 Å². The summed E-state index contributed by atoms with van der Waals surface area (Å²) in [5, 5.41) is 1.78. The second kappa shape index (κ2) is 4.76. The molecule has 2 aromatic rings. The molecule has 0 amide bonds. The molecule has 2 aromatic carbocycles. The lowest BCUT2D eigenvalue weighted by Gasteiger charge is -2.07. The van der Waals surface area contributed by atoms with Crippen LogP contribution in [0.1, 0.15) is 0 Å². The van der Waals surface area contributed by atoms with Gasteiger partial charge in [0.15, 0.2) is 0 Å². The molecule has 0 nitrogen and oxygen atoms in total. The van der Waals surface area contributed by atoms with Crippen molar-refractivity contribution in [1.29, 1.82) is 0 Å². The molecule has 0 aliphatic carbocycles. The summed E-state index contributed by atoms with van der Waals surface area (Å²) in [4.78, 5) is 0. The molecule has 0 aliphatic rings. The van der Waals surface area contributed by atoms with Gasteiger partial charge in [0, 0.05) is 0 Å². The average molecular weight is 254 g/mol. The molecule has 0 saturated heterocycles. The molecule has 0 atom stereocenters. The van der Waals surface area contributed by atoms with Crippen molar-refractivity contribution in [3.63, 3.8) is 0 Å². The van der Waals surface area contributed by atoms with E-state index in [0.717, 1.165) is 10.4 Å². The summed E-state index contributed by atoms with van der Waals surface area (Å²) < 4.78 is 25.4. The van der Waals surface area contributed by atoms with Crippen molar-refractivity contribution in [3.8, 4) is 0 Å². The van der Waals surface area contributed by atoms with Crippen LogP contribution < -0.4 is 10.4 Å². The minimum Gasteiger partial charge on any atom is -0.207 e. The van der Waals surface area contributed by atoms with Gasteiger partial charge in [-0.05, 0) is 34.6 Å². The van der Waals surface area contributed by atoms with Crippen LogP contribution in [-0.4, -0.2) is 8.11 Å². The smallest absolute Gasteiger partial charge is 0.207 e. The van der Waals surface area contributed by atoms with E-state index in [1.54, 1.807) is 24.3 Å². The molecule has 2 rings (SSSR count). The Balaban J connectivity index is 2.28. The van der Waals surface area contributed by atoms with E-state index in [1.807, 2.05) is 0 Å². The second-order valence-electron chi connectivity index (χ2n) is 3.33. The van der Waals surface area contributed by atoms with Crippen LogP contribution in [0.4, 0.5) is 8.78 Å². The van der Waals surface area contributed by atoms with Crippen LogP contribution in [0.25, 0.3) is 0 Å². The summed E-state index contributed by atoms with van der Waals surface area (Å²) in [6.07, 6.45) is 0. The van der Waals surface area contributed by atoms with Gasteiger partial charge in [-0.3, -0.25) is 0 Å². The van der Waals surface area contributed by atoms with Crippen molar-refractivity contribution in [2.24, 2.45) is 0 Å². The predicted molar refractivity (Wildman–Crippen MR) is 63.7 cm³/mol. The van der Waals surface area contributed by atoms with E-state index in [9.17, 15) is 8.78 Å². The van der Waals surface area contributed by atoms with Crippen LogP contribution >= 0.6 is 11.1 Å².